The van der Waals surface area contributed by atoms with Gasteiger partial charge in [0.2, 0.25) is 0 Å². The summed E-state index contributed by atoms with van der Waals surface area (Å²) in [5, 5.41) is 9.02. The number of allylic oxidation sites excluding steroid dienone is 2. The fourth-order valence-electron chi connectivity index (χ4n) is 1.80. The van der Waals surface area contributed by atoms with Gasteiger partial charge in [0.05, 0.1) is 18.1 Å². The molecule has 2 atom stereocenters. The Hall–Kier alpha value is -1.78. The molecule has 18 heavy (non-hydrogen) atoms. The summed E-state index contributed by atoms with van der Waals surface area (Å²) in [6.07, 6.45) is 7.84. The van der Waals surface area contributed by atoms with Crippen LogP contribution < -0.4 is 0 Å². The van der Waals surface area contributed by atoms with E-state index < -0.39 is 23.8 Å². The predicted molar refractivity (Wildman–Crippen MR) is 64.7 cm³/mol. The number of carboxylic acids is 1. The highest BCUT2D eigenvalue weighted by Crippen LogP contribution is 2.26. The Morgan fingerprint density at radius 3 is 2.89 bits per heavy atom. The van der Waals surface area contributed by atoms with Gasteiger partial charge in [-0.3, -0.25) is 9.59 Å². The van der Waals surface area contributed by atoms with Gasteiger partial charge in [0, 0.05) is 0 Å². The van der Waals surface area contributed by atoms with Crippen LogP contribution in [0.2, 0.25) is 0 Å². The van der Waals surface area contributed by atoms with Gasteiger partial charge >= 0.3 is 11.9 Å². The molecule has 1 aliphatic carbocycles. The maximum atomic E-state index is 11.7. The summed E-state index contributed by atoms with van der Waals surface area (Å²) in [7, 11) is 0. The molecular formula is C13H18O5. The van der Waals surface area contributed by atoms with E-state index in [4.69, 9.17) is 14.6 Å². The van der Waals surface area contributed by atoms with Crippen molar-refractivity contribution in [1.82, 2.24) is 0 Å². The zero-order chi connectivity index (χ0) is 13.4. The second-order valence-electron chi connectivity index (χ2n) is 3.98. The molecule has 0 heterocycles. The average molecular weight is 254 g/mol. The highest BCUT2D eigenvalue weighted by Gasteiger charge is 2.34. The zero-order valence-electron chi connectivity index (χ0n) is 10.4. The molecule has 100 valence electrons. The van der Waals surface area contributed by atoms with Gasteiger partial charge in [-0.05, 0) is 19.8 Å². The fourth-order valence-corrected chi connectivity index (χ4v) is 1.80. The van der Waals surface area contributed by atoms with Crippen molar-refractivity contribution in [2.45, 2.75) is 19.8 Å². The van der Waals surface area contributed by atoms with Crippen molar-refractivity contribution in [1.29, 1.82) is 0 Å². The normalized spacial score (nSPS) is 22.9. The molecule has 0 saturated carbocycles. The van der Waals surface area contributed by atoms with Crippen molar-refractivity contribution in [2.24, 2.45) is 11.8 Å². The molecule has 0 aromatic rings. The van der Waals surface area contributed by atoms with E-state index in [0.29, 0.717) is 12.8 Å². The van der Waals surface area contributed by atoms with Crippen LogP contribution in [0, 0.1) is 11.8 Å². The van der Waals surface area contributed by atoms with E-state index in [9.17, 15) is 9.59 Å². The number of esters is 1. The van der Waals surface area contributed by atoms with Crippen LogP contribution in [0.15, 0.2) is 24.5 Å². The monoisotopic (exact) mass is 254 g/mol. The van der Waals surface area contributed by atoms with Crippen LogP contribution in [0.25, 0.3) is 0 Å². The zero-order valence-corrected chi connectivity index (χ0v) is 10.4. The number of ether oxygens (including phenoxy) is 2. The first-order valence-electron chi connectivity index (χ1n) is 5.95. The maximum Gasteiger partial charge on any atom is 0.313 e. The Labute approximate surface area is 106 Å². The molecule has 0 spiro atoms. The summed E-state index contributed by atoms with van der Waals surface area (Å²) in [6.45, 7) is 2.21. The van der Waals surface area contributed by atoms with Gasteiger partial charge in [0.1, 0.15) is 13.2 Å². The van der Waals surface area contributed by atoms with Gasteiger partial charge < -0.3 is 14.6 Å². The summed E-state index contributed by atoms with van der Waals surface area (Å²) >= 11 is 0. The SMILES string of the molecule is CC=COCCOC(=O)C1C=CCCC1C(=O)O. The molecule has 2 unspecified atom stereocenters. The van der Waals surface area contributed by atoms with Crippen molar-refractivity contribution in [3.05, 3.63) is 24.5 Å². The molecule has 0 aliphatic heterocycles. The van der Waals surface area contributed by atoms with E-state index >= 15 is 0 Å². The maximum absolute atomic E-state index is 11.7. The van der Waals surface area contributed by atoms with E-state index in [2.05, 4.69) is 0 Å². The van der Waals surface area contributed by atoms with Crippen LogP contribution >= 0.6 is 0 Å². The molecule has 0 saturated heterocycles. The second kappa shape index (κ2) is 7.53. The molecule has 1 N–H and O–H groups in total. The summed E-state index contributed by atoms with van der Waals surface area (Å²) < 4.78 is 10.00. The average Bonchev–Trinajstić information content (AvgIpc) is 2.38. The van der Waals surface area contributed by atoms with Gasteiger partial charge in [0.15, 0.2) is 0 Å². The lowest BCUT2D eigenvalue weighted by Gasteiger charge is -2.22. The first kappa shape index (κ1) is 14.3. The van der Waals surface area contributed by atoms with Crippen molar-refractivity contribution in [3.8, 4) is 0 Å². The summed E-state index contributed by atoms with van der Waals surface area (Å²) in [6, 6.07) is 0. The van der Waals surface area contributed by atoms with E-state index in [1.807, 2.05) is 13.0 Å². The quantitative estimate of drug-likeness (QED) is 0.338. The van der Waals surface area contributed by atoms with Crippen LogP contribution in [0.3, 0.4) is 0 Å². The van der Waals surface area contributed by atoms with Crippen LogP contribution in [-0.4, -0.2) is 30.3 Å². The summed E-state index contributed by atoms with van der Waals surface area (Å²) in [4.78, 5) is 22.7. The largest absolute Gasteiger partial charge is 0.498 e. The van der Waals surface area contributed by atoms with Crippen molar-refractivity contribution < 1.29 is 24.2 Å². The van der Waals surface area contributed by atoms with Gasteiger partial charge in [-0.1, -0.05) is 18.2 Å². The van der Waals surface area contributed by atoms with Gasteiger partial charge in [-0.2, -0.15) is 0 Å². The van der Waals surface area contributed by atoms with E-state index in [1.165, 1.54) is 6.26 Å². The number of carbonyl (C=O) groups is 2. The number of aliphatic carboxylic acids is 1. The third-order valence-corrected chi connectivity index (χ3v) is 2.69. The van der Waals surface area contributed by atoms with Crippen LogP contribution in [-0.2, 0) is 19.1 Å². The number of hydrogen-bond donors (Lipinski definition) is 1. The van der Waals surface area contributed by atoms with Gasteiger partial charge in [-0.15, -0.1) is 0 Å². The van der Waals surface area contributed by atoms with Gasteiger partial charge in [-0.25, -0.2) is 0 Å². The minimum absolute atomic E-state index is 0.125. The van der Waals surface area contributed by atoms with Crippen LogP contribution in [0.1, 0.15) is 19.8 Å². The third-order valence-electron chi connectivity index (χ3n) is 2.69. The van der Waals surface area contributed by atoms with Crippen LogP contribution in [0.4, 0.5) is 0 Å². The number of hydrogen-bond acceptors (Lipinski definition) is 4. The molecule has 0 aromatic carbocycles. The lowest BCUT2D eigenvalue weighted by Crippen LogP contribution is -2.32. The Morgan fingerprint density at radius 2 is 2.22 bits per heavy atom. The van der Waals surface area contributed by atoms with Gasteiger partial charge in [0.25, 0.3) is 0 Å². The Kier molecular flexibility index (Phi) is 5.97. The molecule has 0 bridgehead atoms. The second-order valence-corrected chi connectivity index (χ2v) is 3.98. The lowest BCUT2D eigenvalue weighted by atomic mass is 9.84. The smallest absolute Gasteiger partial charge is 0.313 e. The van der Waals surface area contributed by atoms with Crippen LogP contribution in [0.5, 0.6) is 0 Å². The van der Waals surface area contributed by atoms with E-state index in [0.717, 1.165) is 0 Å². The molecular weight excluding hydrogens is 236 g/mol. The Balaban J connectivity index is 2.41. The Bertz CT molecular complexity index is 345. The highest BCUT2D eigenvalue weighted by atomic mass is 16.6. The lowest BCUT2D eigenvalue weighted by molar-refractivity contribution is -0.156. The first-order chi connectivity index (χ1) is 8.66. The fraction of sp³-hybridized carbons (Fsp3) is 0.538. The topological polar surface area (TPSA) is 72.8 Å². The molecule has 0 amide bonds. The van der Waals surface area contributed by atoms with Crippen molar-refractivity contribution >= 4 is 11.9 Å². The molecule has 0 radical (unpaired) electrons. The molecule has 1 rings (SSSR count). The molecule has 5 nitrogen and oxygen atoms in total. The summed E-state index contributed by atoms with van der Waals surface area (Å²) in [5.74, 6) is -2.81. The third kappa shape index (κ3) is 4.24. The highest BCUT2D eigenvalue weighted by molar-refractivity contribution is 5.83. The number of rotatable bonds is 6. The number of carboxylic acid groups (broad SMARTS) is 1. The number of carbonyl (C=O) groups excluding carboxylic acids is 1. The van der Waals surface area contributed by atoms with E-state index in [1.54, 1.807) is 12.2 Å². The van der Waals surface area contributed by atoms with E-state index in [-0.39, 0.29) is 13.2 Å². The molecule has 5 heteroatoms. The standard InChI is InChI=1S/C13H18O5/c1-2-7-17-8-9-18-13(16)11-6-4-3-5-10(11)12(14)15/h2,4,6-7,10-11H,3,5,8-9H2,1H3,(H,14,15). The van der Waals surface area contributed by atoms with Crippen molar-refractivity contribution in [2.75, 3.05) is 13.2 Å². The van der Waals surface area contributed by atoms with Crippen molar-refractivity contribution in [3.63, 3.8) is 0 Å². The molecule has 1 aliphatic rings. The minimum atomic E-state index is -0.952. The Morgan fingerprint density at radius 1 is 1.44 bits per heavy atom. The molecule has 0 fully saturated rings. The minimum Gasteiger partial charge on any atom is -0.498 e. The summed E-state index contributed by atoms with van der Waals surface area (Å²) in [5.41, 5.74) is 0. The predicted octanol–water partition coefficient (Wildman–Crippen LogP) is 1.75. The first-order valence-corrected chi connectivity index (χ1v) is 5.95. The molecule has 0 aromatic heterocycles.